The first-order chi connectivity index (χ1) is 19.1. The van der Waals surface area contributed by atoms with Crippen LogP contribution in [0.15, 0.2) is 24.3 Å². The molecule has 0 aliphatic carbocycles. The zero-order valence-corrected chi connectivity index (χ0v) is 25.9. The monoisotopic (exact) mass is 626 g/mol. The SMILES string of the molecule is CCOC(=O)CN1CCN(C(=O)c2cc(C(C)(C)C)sc2NC(=O)Nc2cccc(Cl)c2Cl)C(C)(C(=O)OC)C1=O. The van der Waals surface area contributed by atoms with Gasteiger partial charge in [0.1, 0.15) is 11.5 Å². The molecule has 1 atom stereocenters. The number of thiophene rings is 1. The Morgan fingerprint density at radius 1 is 1.12 bits per heavy atom. The highest BCUT2D eigenvalue weighted by molar-refractivity contribution is 7.16. The Balaban J connectivity index is 1.98. The smallest absolute Gasteiger partial charge is 0.341 e. The van der Waals surface area contributed by atoms with Crippen molar-refractivity contribution in [1.29, 1.82) is 0 Å². The number of ether oxygens (including phenoxy) is 2. The maximum atomic E-state index is 14.1. The lowest BCUT2D eigenvalue weighted by Crippen LogP contribution is -2.70. The lowest BCUT2D eigenvalue weighted by molar-refractivity contribution is -0.169. The molecule has 4 amide bonds. The Hall–Kier alpha value is -3.35. The summed E-state index contributed by atoms with van der Waals surface area (Å²) >= 11 is 13.4. The third kappa shape index (κ3) is 6.77. The van der Waals surface area contributed by atoms with Crippen molar-refractivity contribution in [2.45, 2.75) is 45.6 Å². The van der Waals surface area contributed by atoms with Gasteiger partial charge < -0.3 is 24.6 Å². The van der Waals surface area contributed by atoms with E-state index >= 15 is 0 Å². The van der Waals surface area contributed by atoms with Crippen LogP contribution in [-0.2, 0) is 29.3 Å². The van der Waals surface area contributed by atoms with Gasteiger partial charge in [-0.3, -0.25) is 19.7 Å². The molecule has 0 bridgehead atoms. The zero-order valence-electron chi connectivity index (χ0n) is 23.6. The number of urea groups is 1. The summed E-state index contributed by atoms with van der Waals surface area (Å²) in [5.74, 6) is -3.08. The topological polar surface area (TPSA) is 134 Å². The minimum atomic E-state index is -2.08. The van der Waals surface area contributed by atoms with Gasteiger partial charge in [-0.05, 0) is 37.5 Å². The molecule has 1 saturated heterocycles. The molecule has 222 valence electrons. The van der Waals surface area contributed by atoms with Gasteiger partial charge in [-0.2, -0.15) is 0 Å². The lowest BCUT2D eigenvalue weighted by atomic mass is 9.92. The van der Waals surface area contributed by atoms with Gasteiger partial charge in [0.2, 0.25) is 5.54 Å². The molecule has 1 aromatic heterocycles. The summed E-state index contributed by atoms with van der Waals surface area (Å²) in [4.78, 5) is 68.7. The van der Waals surface area contributed by atoms with E-state index in [9.17, 15) is 24.0 Å². The minimum absolute atomic E-state index is 0.0250. The Bertz CT molecular complexity index is 1370. The number of piperazine rings is 1. The average Bonchev–Trinajstić information content (AvgIpc) is 3.33. The second-order valence-electron chi connectivity index (χ2n) is 10.3. The van der Waals surface area contributed by atoms with Crippen molar-refractivity contribution >= 4 is 75.0 Å². The number of carbonyl (C=O) groups excluding carboxylic acids is 5. The van der Waals surface area contributed by atoms with E-state index < -0.39 is 40.7 Å². The summed E-state index contributed by atoms with van der Waals surface area (Å²) < 4.78 is 9.87. The summed E-state index contributed by atoms with van der Waals surface area (Å²) in [6.45, 7) is 8.37. The van der Waals surface area contributed by atoms with Crippen LogP contribution in [0.5, 0.6) is 0 Å². The normalized spacial score (nSPS) is 17.2. The third-order valence-corrected chi connectivity index (χ3v) is 8.71. The lowest BCUT2D eigenvalue weighted by Gasteiger charge is -2.45. The number of methoxy groups -OCH3 is 1. The molecule has 3 rings (SSSR count). The molecule has 2 heterocycles. The highest BCUT2D eigenvalue weighted by atomic mass is 35.5. The Labute approximate surface area is 252 Å². The van der Waals surface area contributed by atoms with Crippen molar-refractivity contribution in [3.05, 3.63) is 44.8 Å². The molecule has 11 nitrogen and oxygen atoms in total. The molecular weight excluding hydrogens is 595 g/mol. The fourth-order valence-corrected chi connectivity index (χ4v) is 5.65. The number of hydrogen-bond donors (Lipinski definition) is 2. The van der Waals surface area contributed by atoms with Crippen LogP contribution in [0.4, 0.5) is 15.5 Å². The zero-order chi connectivity index (χ0) is 30.7. The first-order valence-corrected chi connectivity index (χ1v) is 14.2. The van der Waals surface area contributed by atoms with Crippen molar-refractivity contribution < 1.29 is 33.4 Å². The largest absolute Gasteiger partial charge is 0.467 e. The van der Waals surface area contributed by atoms with E-state index in [4.69, 9.17) is 32.7 Å². The number of benzene rings is 1. The van der Waals surface area contributed by atoms with Gasteiger partial charge in [-0.1, -0.05) is 50.0 Å². The first-order valence-electron chi connectivity index (χ1n) is 12.7. The Morgan fingerprint density at radius 3 is 2.41 bits per heavy atom. The van der Waals surface area contributed by atoms with E-state index in [1.54, 1.807) is 31.2 Å². The number of carbonyl (C=O) groups is 5. The van der Waals surface area contributed by atoms with E-state index in [0.717, 1.165) is 21.8 Å². The molecule has 1 fully saturated rings. The second kappa shape index (κ2) is 12.7. The summed E-state index contributed by atoms with van der Waals surface area (Å²) in [6.07, 6.45) is 0. The van der Waals surface area contributed by atoms with Gasteiger partial charge in [-0.25, -0.2) is 9.59 Å². The van der Waals surface area contributed by atoms with Gasteiger partial charge in [0.05, 0.1) is 35.0 Å². The maximum absolute atomic E-state index is 14.1. The molecule has 14 heteroatoms. The summed E-state index contributed by atoms with van der Waals surface area (Å²) in [6, 6.07) is 5.70. The number of rotatable bonds is 7. The summed E-state index contributed by atoms with van der Waals surface area (Å²) in [5.41, 5.74) is -2.13. The summed E-state index contributed by atoms with van der Waals surface area (Å²) in [5, 5.41) is 5.91. The fourth-order valence-electron chi connectivity index (χ4n) is 4.20. The highest BCUT2D eigenvalue weighted by Crippen LogP contribution is 2.39. The molecule has 0 saturated carbocycles. The van der Waals surface area contributed by atoms with Gasteiger partial charge >= 0.3 is 18.0 Å². The quantitative estimate of drug-likeness (QED) is 0.334. The molecular formula is C27H32Cl2N4O7S. The van der Waals surface area contributed by atoms with E-state index in [1.165, 1.54) is 18.3 Å². The van der Waals surface area contributed by atoms with E-state index in [2.05, 4.69) is 10.6 Å². The van der Waals surface area contributed by atoms with Crippen LogP contribution in [-0.4, -0.2) is 78.5 Å². The van der Waals surface area contributed by atoms with Crippen molar-refractivity contribution in [2.24, 2.45) is 0 Å². The molecule has 0 radical (unpaired) electrons. The Morgan fingerprint density at radius 2 is 1.80 bits per heavy atom. The second-order valence-corrected chi connectivity index (χ2v) is 12.2. The Kier molecular flexibility index (Phi) is 9.94. The molecule has 1 unspecified atom stereocenters. The number of nitrogens with zero attached hydrogens (tertiary/aromatic N) is 2. The summed E-state index contributed by atoms with van der Waals surface area (Å²) in [7, 11) is 1.11. The van der Waals surface area contributed by atoms with E-state index in [0.29, 0.717) is 0 Å². The number of nitrogens with one attached hydrogen (secondary N) is 2. The van der Waals surface area contributed by atoms with E-state index in [-0.39, 0.29) is 52.5 Å². The number of esters is 2. The van der Waals surface area contributed by atoms with Crippen molar-refractivity contribution in [3.63, 3.8) is 0 Å². The van der Waals surface area contributed by atoms with Crippen LogP contribution in [0.2, 0.25) is 10.0 Å². The van der Waals surface area contributed by atoms with Gasteiger partial charge in [-0.15, -0.1) is 11.3 Å². The van der Waals surface area contributed by atoms with Gasteiger partial charge in [0, 0.05) is 18.0 Å². The van der Waals surface area contributed by atoms with Crippen molar-refractivity contribution in [3.8, 4) is 0 Å². The van der Waals surface area contributed by atoms with Crippen LogP contribution < -0.4 is 10.6 Å². The van der Waals surface area contributed by atoms with Crippen LogP contribution in [0.3, 0.4) is 0 Å². The predicted octanol–water partition coefficient (Wildman–Crippen LogP) is 4.78. The standard InChI is InChI=1S/C27H32Cl2N4O7S/c1-7-40-19(34)14-32-11-12-33(27(5,23(32)36)24(37)39-6)22(35)15-13-18(26(2,3)4)41-21(15)31-25(38)30-17-10-8-9-16(28)20(17)29/h8-10,13H,7,11-12,14H2,1-6H3,(H2,30,31,38). The van der Waals surface area contributed by atoms with Crippen molar-refractivity contribution in [1.82, 2.24) is 9.80 Å². The molecule has 41 heavy (non-hydrogen) atoms. The van der Waals surface area contributed by atoms with Crippen LogP contribution in [0.25, 0.3) is 0 Å². The third-order valence-electron chi connectivity index (χ3n) is 6.42. The van der Waals surface area contributed by atoms with E-state index in [1.807, 2.05) is 20.8 Å². The molecule has 1 aliphatic rings. The fraction of sp³-hybridized carbons (Fsp3) is 0.444. The van der Waals surface area contributed by atoms with Crippen LogP contribution >= 0.6 is 34.5 Å². The number of anilines is 2. The number of hydrogen-bond acceptors (Lipinski definition) is 8. The predicted molar refractivity (Wildman–Crippen MR) is 157 cm³/mol. The number of amides is 4. The molecule has 2 N–H and O–H groups in total. The molecule has 1 aliphatic heterocycles. The average molecular weight is 628 g/mol. The number of halogens is 2. The van der Waals surface area contributed by atoms with Crippen molar-refractivity contribution in [2.75, 3.05) is 44.0 Å². The molecule has 2 aromatic rings. The van der Waals surface area contributed by atoms with Gasteiger partial charge in [0.15, 0.2) is 0 Å². The van der Waals surface area contributed by atoms with Gasteiger partial charge in [0.25, 0.3) is 11.8 Å². The highest BCUT2D eigenvalue weighted by Gasteiger charge is 2.55. The van der Waals surface area contributed by atoms with Crippen LogP contribution in [0, 0.1) is 0 Å². The molecule has 1 aromatic carbocycles. The molecule has 0 spiro atoms. The first kappa shape index (κ1) is 32.2. The minimum Gasteiger partial charge on any atom is -0.467 e. The maximum Gasteiger partial charge on any atom is 0.341 e. The van der Waals surface area contributed by atoms with Crippen LogP contribution in [0.1, 0.15) is 49.9 Å².